The maximum absolute atomic E-state index is 11.5. The molecule has 1 amide bonds. The molecule has 0 unspecified atom stereocenters. The molecule has 1 aromatic rings. The number of amides is 1. The van der Waals surface area contributed by atoms with Gasteiger partial charge < -0.3 is 9.64 Å². The lowest BCUT2D eigenvalue weighted by Gasteiger charge is -2.13. The van der Waals surface area contributed by atoms with Crippen LogP contribution in [0.3, 0.4) is 0 Å². The van der Waals surface area contributed by atoms with Crippen molar-refractivity contribution < 1.29 is 9.53 Å². The number of ether oxygens (including phenoxy) is 1. The maximum Gasteiger partial charge on any atom is 0.288 e. The predicted molar refractivity (Wildman–Crippen MR) is 64.9 cm³/mol. The highest BCUT2D eigenvalue weighted by Crippen LogP contribution is 2.28. The molecule has 0 heterocycles. The molecule has 0 spiro atoms. The summed E-state index contributed by atoms with van der Waals surface area (Å²) >= 11 is 11.6. The number of hydrogen-bond acceptors (Lipinski definition) is 2. The summed E-state index contributed by atoms with van der Waals surface area (Å²) in [5.41, 5.74) is 0. The number of rotatable bonds is 3. The minimum Gasteiger partial charge on any atom is -0.451 e. The Balaban J connectivity index is 2.81. The van der Waals surface area contributed by atoms with Gasteiger partial charge in [-0.15, -0.1) is 0 Å². The van der Waals surface area contributed by atoms with Crippen LogP contribution in [0.2, 0.25) is 10.0 Å². The van der Waals surface area contributed by atoms with Crippen molar-refractivity contribution in [1.82, 2.24) is 4.90 Å². The molecule has 5 heteroatoms. The van der Waals surface area contributed by atoms with E-state index >= 15 is 0 Å². The van der Waals surface area contributed by atoms with Crippen LogP contribution in [-0.2, 0) is 4.79 Å². The maximum atomic E-state index is 11.5. The molecule has 0 N–H and O–H groups in total. The lowest BCUT2D eigenvalue weighted by molar-refractivity contribution is -0.126. The van der Waals surface area contributed by atoms with Crippen LogP contribution < -0.4 is 4.74 Å². The molecular formula is C11H11Cl2NO2. The third-order valence-electron chi connectivity index (χ3n) is 1.77. The summed E-state index contributed by atoms with van der Waals surface area (Å²) in [5, 5.41) is 0.835. The molecule has 16 heavy (non-hydrogen) atoms. The zero-order valence-corrected chi connectivity index (χ0v) is 10.5. The van der Waals surface area contributed by atoms with E-state index in [1.807, 2.05) is 0 Å². The highest BCUT2D eigenvalue weighted by molar-refractivity contribution is 6.35. The molecule has 1 rings (SSSR count). The second kappa shape index (κ2) is 5.23. The van der Waals surface area contributed by atoms with Crippen LogP contribution in [0.5, 0.6) is 5.75 Å². The van der Waals surface area contributed by atoms with Crippen molar-refractivity contribution >= 4 is 29.1 Å². The first-order valence-electron chi connectivity index (χ1n) is 4.45. The Morgan fingerprint density at radius 1 is 1.38 bits per heavy atom. The topological polar surface area (TPSA) is 29.5 Å². The molecule has 0 radical (unpaired) electrons. The van der Waals surface area contributed by atoms with Gasteiger partial charge in [0.2, 0.25) is 0 Å². The number of hydrogen-bond donors (Lipinski definition) is 0. The molecule has 0 aromatic heterocycles. The standard InChI is InChI=1S/C11H11Cl2NO2/c1-7(11(15)14(2)3)16-10-5-4-8(12)6-9(10)13/h4-6H,1H2,2-3H3. The van der Waals surface area contributed by atoms with Gasteiger partial charge in [0.15, 0.2) is 5.76 Å². The Hall–Kier alpha value is -1.19. The molecular weight excluding hydrogens is 249 g/mol. The lowest BCUT2D eigenvalue weighted by atomic mass is 10.3. The van der Waals surface area contributed by atoms with E-state index in [2.05, 4.69) is 6.58 Å². The number of carbonyl (C=O) groups is 1. The number of likely N-dealkylation sites (N-methyl/N-ethyl adjacent to an activating group) is 1. The van der Waals surface area contributed by atoms with Crippen LogP contribution >= 0.6 is 23.2 Å². The summed E-state index contributed by atoms with van der Waals surface area (Å²) in [6, 6.07) is 4.74. The normalized spacial score (nSPS) is 9.75. The summed E-state index contributed by atoms with van der Waals surface area (Å²) in [6.07, 6.45) is 0. The van der Waals surface area contributed by atoms with E-state index in [0.29, 0.717) is 15.8 Å². The Labute approximate surface area is 104 Å². The fraction of sp³-hybridized carbons (Fsp3) is 0.182. The third kappa shape index (κ3) is 3.15. The SMILES string of the molecule is C=C(Oc1ccc(Cl)cc1Cl)C(=O)N(C)C. The highest BCUT2D eigenvalue weighted by Gasteiger charge is 2.13. The first-order chi connectivity index (χ1) is 7.41. The number of nitrogens with zero attached hydrogens (tertiary/aromatic N) is 1. The minimum atomic E-state index is -0.314. The summed E-state index contributed by atoms with van der Waals surface area (Å²) in [5.74, 6) is 0.0477. The first kappa shape index (κ1) is 12.9. The fourth-order valence-electron chi connectivity index (χ4n) is 0.984. The van der Waals surface area contributed by atoms with Gasteiger partial charge in [-0.3, -0.25) is 4.79 Å². The molecule has 0 fully saturated rings. The molecule has 0 saturated heterocycles. The van der Waals surface area contributed by atoms with Gasteiger partial charge in [0.1, 0.15) is 5.75 Å². The molecule has 3 nitrogen and oxygen atoms in total. The van der Waals surface area contributed by atoms with Crippen molar-refractivity contribution in [1.29, 1.82) is 0 Å². The van der Waals surface area contributed by atoms with Gasteiger partial charge in [-0.05, 0) is 18.2 Å². The Bertz CT molecular complexity index is 430. The van der Waals surface area contributed by atoms with Crippen LogP contribution in [0, 0.1) is 0 Å². The minimum absolute atomic E-state index is 0.00854. The van der Waals surface area contributed by atoms with Crippen LogP contribution in [0.1, 0.15) is 0 Å². The van der Waals surface area contributed by atoms with E-state index < -0.39 is 0 Å². The van der Waals surface area contributed by atoms with Crippen LogP contribution in [0.25, 0.3) is 0 Å². The lowest BCUT2D eigenvalue weighted by Crippen LogP contribution is -2.25. The Kier molecular flexibility index (Phi) is 4.21. The van der Waals surface area contributed by atoms with E-state index in [9.17, 15) is 4.79 Å². The first-order valence-corrected chi connectivity index (χ1v) is 5.21. The molecule has 0 aliphatic heterocycles. The van der Waals surface area contributed by atoms with E-state index in [1.54, 1.807) is 26.2 Å². The molecule has 0 aliphatic rings. The molecule has 86 valence electrons. The van der Waals surface area contributed by atoms with Gasteiger partial charge in [0.25, 0.3) is 5.91 Å². The largest absolute Gasteiger partial charge is 0.451 e. The third-order valence-corrected chi connectivity index (χ3v) is 2.30. The van der Waals surface area contributed by atoms with Crippen LogP contribution in [0.4, 0.5) is 0 Å². The van der Waals surface area contributed by atoms with Crippen molar-refractivity contribution in [3.63, 3.8) is 0 Å². The second-order valence-corrected chi connectivity index (χ2v) is 4.14. The van der Waals surface area contributed by atoms with Crippen molar-refractivity contribution in [2.24, 2.45) is 0 Å². The van der Waals surface area contributed by atoms with Gasteiger partial charge in [-0.25, -0.2) is 0 Å². The molecule has 0 saturated carbocycles. The van der Waals surface area contributed by atoms with Crippen LogP contribution in [-0.4, -0.2) is 24.9 Å². The van der Waals surface area contributed by atoms with E-state index in [0.717, 1.165) is 0 Å². The summed E-state index contributed by atoms with van der Waals surface area (Å²) in [7, 11) is 3.22. The fourth-order valence-corrected chi connectivity index (χ4v) is 1.43. The van der Waals surface area contributed by atoms with E-state index in [-0.39, 0.29) is 11.7 Å². The average molecular weight is 260 g/mol. The molecule has 0 aliphatic carbocycles. The molecule has 0 atom stereocenters. The van der Waals surface area contributed by atoms with Gasteiger partial charge in [-0.1, -0.05) is 29.8 Å². The summed E-state index contributed by atoms with van der Waals surface area (Å²) in [6.45, 7) is 3.53. The number of halogens is 2. The quantitative estimate of drug-likeness (QED) is 0.617. The number of benzene rings is 1. The van der Waals surface area contributed by atoms with E-state index in [1.165, 1.54) is 11.0 Å². The molecule has 1 aromatic carbocycles. The highest BCUT2D eigenvalue weighted by atomic mass is 35.5. The van der Waals surface area contributed by atoms with Gasteiger partial charge >= 0.3 is 0 Å². The van der Waals surface area contributed by atoms with Crippen LogP contribution in [0.15, 0.2) is 30.5 Å². The zero-order chi connectivity index (χ0) is 12.3. The second-order valence-electron chi connectivity index (χ2n) is 3.30. The van der Waals surface area contributed by atoms with Crippen molar-refractivity contribution in [3.8, 4) is 5.75 Å². The van der Waals surface area contributed by atoms with Gasteiger partial charge in [0, 0.05) is 19.1 Å². The summed E-state index contributed by atoms with van der Waals surface area (Å²) < 4.78 is 5.25. The predicted octanol–water partition coefficient (Wildman–Crippen LogP) is 2.97. The zero-order valence-electron chi connectivity index (χ0n) is 8.96. The Morgan fingerprint density at radius 2 is 2.00 bits per heavy atom. The van der Waals surface area contributed by atoms with Gasteiger partial charge in [-0.2, -0.15) is 0 Å². The van der Waals surface area contributed by atoms with Gasteiger partial charge in [0.05, 0.1) is 5.02 Å². The van der Waals surface area contributed by atoms with E-state index in [4.69, 9.17) is 27.9 Å². The van der Waals surface area contributed by atoms with Crippen molar-refractivity contribution in [2.75, 3.05) is 14.1 Å². The Morgan fingerprint density at radius 3 is 2.50 bits per heavy atom. The average Bonchev–Trinajstić information content (AvgIpc) is 2.20. The van der Waals surface area contributed by atoms with Crippen molar-refractivity contribution in [2.45, 2.75) is 0 Å². The monoisotopic (exact) mass is 259 g/mol. The van der Waals surface area contributed by atoms with Crippen molar-refractivity contribution in [3.05, 3.63) is 40.6 Å². The number of carbonyl (C=O) groups excluding carboxylic acids is 1. The molecule has 0 bridgehead atoms. The smallest absolute Gasteiger partial charge is 0.288 e. The summed E-state index contributed by atoms with van der Waals surface area (Å²) in [4.78, 5) is 12.8.